The lowest BCUT2D eigenvalue weighted by Crippen LogP contribution is -2.39. The van der Waals surface area contributed by atoms with Crippen molar-refractivity contribution in [1.82, 2.24) is 4.90 Å². The van der Waals surface area contributed by atoms with Crippen molar-refractivity contribution in [3.8, 4) is 5.75 Å². The van der Waals surface area contributed by atoms with Gasteiger partial charge in [0, 0.05) is 18.2 Å². The van der Waals surface area contributed by atoms with Crippen molar-refractivity contribution in [2.75, 3.05) is 19.7 Å². The normalized spacial score (nSPS) is 20.9. The molecule has 1 aliphatic rings. The molecule has 0 aliphatic carbocycles. The molecule has 1 aliphatic heterocycles. The molecule has 1 heterocycles. The van der Waals surface area contributed by atoms with Crippen LogP contribution in [0.2, 0.25) is 0 Å². The Morgan fingerprint density at radius 1 is 1.40 bits per heavy atom. The maximum atomic E-state index is 8.59. The van der Waals surface area contributed by atoms with Crippen molar-refractivity contribution in [2.45, 2.75) is 32.2 Å². The fourth-order valence-electron chi connectivity index (χ4n) is 2.55. The molecular formula is C15H23N3O2. The van der Waals surface area contributed by atoms with E-state index in [1.54, 1.807) is 12.1 Å². The predicted octanol–water partition coefficient (Wildman–Crippen LogP) is 2.03. The maximum Gasteiger partial charge on any atom is 0.170 e. The van der Waals surface area contributed by atoms with Gasteiger partial charge in [-0.2, -0.15) is 0 Å². The van der Waals surface area contributed by atoms with Crippen LogP contribution >= 0.6 is 0 Å². The van der Waals surface area contributed by atoms with E-state index >= 15 is 0 Å². The van der Waals surface area contributed by atoms with Gasteiger partial charge in [-0.1, -0.05) is 11.6 Å². The van der Waals surface area contributed by atoms with Crippen LogP contribution in [-0.4, -0.2) is 41.7 Å². The standard InChI is InChI=1S/C15H23N3O2/c1-12-4-2-3-9-18(12)10-11-20-14-7-5-13(6-8-14)15(16)17-19/h5-8,12,19H,2-4,9-11H2,1H3,(H2,16,17). The van der Waals surface area contributed by atoms with Gasteiger partial charge in [-0.05, 0) is 50.6 Å². The van der Waals surface area contributed by atoms with E-state index in [2.05, 4.69) is 17.0 Å². The van der Waals surface area contributed by atoms with Crippen molar-refractivity contribution in [1.29, 1.82) is 0 Å². The molecule has 0 amide bonds. The van der Waals surface area contributed by atoms with Crippen LogP contribution in [0.3, 0.4) is 0 Å². The summed E-state index contributed by atoms with van der Waals surface area (Å²) in [6.07, 6.45) is 3.92. The molecule has 1 aromatic carbocycles. The second-order valence-corrected chi connectivity index (χ2v) is 5.24. The Morgan fingerprint density at radius 3 is 2.80 bits per heavy atom. The molecule has 110 valence electrons. The van der Waals surface area contributed by atoms with Gasteiger partial charge in [0.15, 0.2) is 5.84 Å². The third-order valence-corrected chi connectivity index (χ3v) is 3.85. The number of amidine groups is 1. The fourth-order valence-corrected chi connectivity index (χ4v) is 2.55. The average Bonchev–Trinajstić information content (AvgIpc) is 2.49. The molecule has 0 saturated carbocycles. The lowest BCUT2D eigenvalue weighted by molar-refractivity contribution is 0.133. The van der Waals surface area contributed by atoms with Crippen molar-refractivity contribution in [2.24, 2.45) is 10.9 Å². The molecule has 20 heavy (non-hydrogen) atoms. The number of benzene rings is 1. The lowest BCUT2D eigenvalue weighted by Gasteiger charge is -2.33. The first-order chi connectivity index (χ1) is 9.70. The van der Waals surface area contributed by atoms with Gasteiger partial charge >= 0.3 is 0 Å². The summed E-state index contributed by atoms with van der Waals surface area (Å²) < 4.78 is 5.74. The molecule has 1 unspecified atom stereocenters. The van der Waals surface area contributed by atoms with E-state index in [4.69, 9.17) is 15.7 Å². The Morgan fingerprint density at radius 2 is 2.15 bits per heavy atom. The van der Waals surface area contributed by atoms with Gasteiger partial charge in [0.25, 0.3) is 0 Å². The monoisotopic (exact) mass is 277 g/mol. The largest absolute Gasteiger partial charge is 0.492 e. The fraction of sp³-hybridized carbons (Fsp3) is 0.533. The summed E-state index contributed by atoms with van der Waals surface area (Å²) in [5.74, 6) is 0.919. The molecule has 1 fully saturated rings. The Kier molecular flexibility index (Phi) is 5.24. The molecule has 5 heteroatoms. The zero-order chi connectivity index (χ0) is 14.4. The molecule has 2 rings (SSSR count). The molecule has 1 saturated heterocycles. The van der Waals surface area contributed by atoms with Gasteiger partial charge in [-0.3, -0.25) is 4.90 Å². The number of nitrogens with zero attached hydrogens (tertiary/aromatic N) is 2. The summed E-state index contributed by atoms with van der Waals surface area (Å²) in [4.78, 5) is 2.48. The summed E-state index contributed by atoms with van der Waals surface area (Å²) in [6, 6.07) is 7.91. The van der Waals surface area contributed by atoms with Gasteiger partial charge in [-0.25, -0.2) is 0 Å². The summed E-state index contributed by atoms with van der Waals surface area (Å²) in [5.41, 5.74) is 6.19. The maximum absolute atomic E-state index is 8.59. The third kappa shape index (κ3) is 3.87. The van der Waals surface area contributed by atoms with E-state index in [1.165, 1.54) is 25.8 Å². The van der Waals surface area contributed by atoms with Crippen molar-refractivity contribution < 1.29 is 9.94 Å². The number of hydrogen-bond donors (Lipinski definition) is 2. The average molecular weight is 277 g/mol. The SMILES string of the molecule is CC1CCCCN1CCOc1ccc(C(N)=NO)cc1. The molecular weight excluding hydrogens is 254 g/mol. The number of hydrogen-bond acceptors (Lipinski definition) is 4. The quantitative estimate of drug-likeness (QED) is 0.374. The molecule has 0 bridgehead atoms. The number of oxime groups is 1. The lowest BCUT2D eigenvalue weighted by atomic mass is 10.0. The van der Waals surface area contributed by atoms with Crippen molar-refractivity contribution >= 4 is 5.84 Å². The minimum absolute atomic E-state index is 0.110. The second kappa shape index (κ2) is 7.14. The van der Waals surface area contributed by atoms with Crippen LogP contribution in [0.1, 0.15) is 31.7 Å². The molecule has 1 atom stereocenters. The van der Waals surface area contributed by atoms with E-state index in [1.807, 2.05) is 12.1 Å². The highest BCUT2D eigenvalue weighted by molar-refractivity contribution is 5.97. The third-order valence-electron chi connectivity index (χ3n) is 3.85. The molecule has 0 radical (unpaired) electrons. The number of ether oxygens (including phenoxy) is 1. The second-order valence-electron chi connectivity index (χ2n) is 5.24. The van der Waals surface area contributed by atoms with Crippen LogP contribution in [0.5, 0.6) is 5.75 Å². The van der Waals surface area contributed by atoms with E-state index in [-0.39, 0.29) is 5.84 Å². The van der Waals surface area contributed by atoms with E-state index in [9.17, 15) is 0 Å². The van der Waals surface area contributed by atoms with Gasteiger partial charge in [-0.15, -0.1) is 0 Å². The Labute approximate surface area is 120 Å². The predicted molar refractivity (Wildman–Crippen MR) is 79.3 cm³/mol. The highest BCUT2D eigenvalue weighted by atomic mass is 16.5. The van der Waals surface area contributed by atoms with Crippen molar-refractivity contribution in [3.05, 3.63) is 29.8 Å². The van der Waals surface area contributed by atoms with E-state index < -0.39 is 0 Å². The van der Waals surface area contributed by atoms with Crippen LogP contribution in [-0.2, 0) is 0 Å². The van der Waals surface area contributed by atoms with Gasteiger partial charge < -0.3 is 15.7 Å². The zero-order valence-corrected chi connectivity index (χ0v) is 12.0. The molecule has 5 nitrogen and oxygen atoms in total. The van der Waals surface area contributed by atoms with Crippen LogP contribution in [0.4, 0.5) is 0 Å². The number of likely N-dealkylation sites (tertiary alicyclic amines) is 1. The number of piperidine rings is 1. The first-order valence-electron chi connectivity index (χ1n) is 7.15. The van der Waals surface area contributed by atoms with Crippen LogP contribution < -0.4 is 10.5 Å². The Balaban J connectivity index is 1.79. The topological polar surface area (TPSA) is 71.1 Å². The van der Waals surface area contributed by atoms with E-state index in [0.29, 0.717) is 18.2 Å². The molecule has 3 N–H and O–H groups in total. The van der Waals surface area contributed by atoms with Crippen LogP contribution in [0.25, 0.3) is 0 Å². The van der Waals surface area contributed by atoms with Crippen LogP contribution in [0, 0.1) is 0 Å². The number of rotatable bonds is 5. The zero-order valence-electron chi connectivity index (χ0n) is 12.0. The molecule has 1 aromatic rings. The summed E-state index contributed by atoms with van der Waals surface area (Å²) in [5, 5.41) is 11.6. The Hall–Kier alpha value is -1.75. The van der Waals surface area contributed by atoms with Gasteiger partial charge in [0.1, 0.15) is 12.4 Å². The van der Waals surface area contributed by atoms with Crippen LogP contribution in [0.15, 0.2) is 29.4 Å². The molecule has 0 aromatic heterocycles. The summed E-state index contributed by atoms with van der Waals surface area (Å²) in [7, 11) is 0. The summed E-state index contributed by atoms with van der Waals surface area (Å²) in [6.45, 7) is 5.11. The Bertz CT molecular complexity index is 445. The number of nitrogens with two attached hydrogens (primary N) is 1. The van der Waals surface area contributed by atoms with Gasteiger partial charge in [0.05, 0.1) is 0 Å². The molecule has 0 spiro atoms. The van der Waals surface area contributed by atoms with Crippen molar-refractivity contribution in [3.63, 3.8) is 0 Å². The minimum atomic E-state index is 0.110. The van der Waals surface area contributed by atoms with E-state index in [0.717, 1.165) is 12.3 Å². The first-order valence-corrected chi connectivity index (χ1v) is 7.15. The summed E-state index contributed by atoms with van der Waals surface area (Å²) >= 11 is 0. The highest BCUT2D eigenvalue weighted by Crippen LogP contribution is 2.16. The smallest absolute Gasteiger partial charge is 0.170 e. The highest BCUT2D eigenvalue weighted by Gasteiger charge is 2.17. The minimum Gasteiger partial charge on any atom is -0.492 e. The van der Waals surface area contributed by atoms with Gasteiger partial charge in [0.2, 0.25) is 0 Å². The first kappa shape index (κ1) is 14.7.